The van der Waals surface area contributed by atoms with Gasteiger partial charge in [0.25, 0.3) is 0 Å². The summed E-state index contributed by atoms with van der Waals surface area (Å²) in [7, 11) is 0. The molecule has 5 rings (SSSR count). The molecule has 1 saturated heterocycles. The number of nitrogens with zero attached hydrogens (tertiary/aromatic N) is 2. The molecule has 0 unspecified atom stereocenters. The molecule has 3 heterocycles. The van der Waals surface area contributed by atoms with E-state index in [9.17, 15) is 4.79 Å². The van der Waals surface area contributed by atoms with Gasteiger partial charge >= 0.3 is 0 Å². The molecule has 1 aliphatic rings. The first-order valence-corrected chi connectivity index (χ1v) is 10.2. The molecule has 6 heteroatoms. The van der Waals surface area contributed by atoms with Gasteiger partial charge in [-0.3, -0.25) is 9.69 Å². The summed E-state index contributed by atoms with van der Waals surface area (Å²) in [5.41, 5.74) is 4.45. The fourth-order valence-electron chi connectivity index (χ4n) is 4.29. The lowest BCUT2D eigenvalue weighted by Crippen LogP contribution is -2.34. The maximum Gasteiger partial charge on any atom is 0.224 e. The molecule has 6 nitrogen and oxygen atoms in total. The first-order valence-electron chi connectivity index (χ1n) is 10.2. The highest BCUT2D eigenvalue weighted by Gasteiger charge is 2.28. The fourth-order valence-corrected chi connectivity index (χ4v) is 4.29. The standard InChI is InChI=1S/C23H25N5O/c29-23(24-11-9-16-13-25-19-6-2-1-5-18(16)19)17-10-12-28(14-17)15-22-26-20-7-3-4-8-21(20)27-22/h1-8,13,17,25H,9-12,14-15H2,(H,24,29)(H,26,27)/t17-/m1/s1. The van der Waals surface area contributed by atoms with E-state index in [1.165, 1.54) is 10.9 Å². The molecule has 1 fully saturated rings. The minimum Gasteiger partial charge on any atom is -0.361 e. The number of benzene rings is 2. The van der Waals surface area contributed by atoms with Crippen molar-refractivity contribution < 1.29 is 4.79 Å². The minimum absolute atomic E-state index is 0.0577. The number of hydrogen-bond acceptors (Lipinski definition) is 3. The summed E-state index contributed by atoms with van der Waals surface area (Å²) >= 11 is 0. The summed E-state index contributed by atoms with van der Waals surface area (Å²) in [5, 5.41) is 4.37. The second-order valence-electron chi connectivity index (χ2n) is 7.82. The molecular formula is C23H25N5O. The zero-order valence-corrected chi connectivity index (χ0v) is 16.3. The highest BCUT2D eigenvalue weighted by molar-refractivity contribution is 5.83. The van der Waals surface area contributed by atoms with E-state index in [1.54, 1.807) is 0 Å². The van der Waals surface area contributed by atoms with Gasteiger partial charge in [0, 0.05) is 30.2 Å². The average molecular weight is 387 g/mol. The maximum absolute atomic E-state index is 12.6. The minimum atomic E-state index is 0.0577. The molecule has 1 aliphatic heterocycles. The molecule has 1 amide bonds. The zero-order chi connectivity index (χ0) is 19.6. The van der Waals surface area contributed by atoms with Crippen LogP contribution in [0.1, 0.15) is 17.8 Å². The van der Waals surface area contributed by atoms with Crippen molar-refractivity contribution in [3.63, 3.8) is 0 Å². The predicted octanol–water partition coefficient (Wildman–Crippen LogP) is 3.23. The first-order chi connectivity index (χ1) is 14.3. The van der Waals surface area contributed by atoms with Gasteiger partial charge in [-0.1, -0.05) is 30.3 Å². The third-order valence-corrected chi connectivity index (χ3v) is 5.82. The molecule has 2 aromatic carbocycles. The zero-order valence-electron chi connectivity index (χ0n) is 16.3. The molecule has 3 N–H and O–H groups in total. The molecule has 1 atom stereocenters. The Labute approximate surface area is 169 Å². The summed E-state index contributed by atoms with van der Waals surface area (Å²) < 4.78 is 0. The summed E-state index contributed by atoms with van der Waals surface area (Å²) in [6, 6.07) is 16.3. The Morgan fingerprint density at radius 2 is 1.97 bits per heavy atom. The Bertz CT molecular complexity index is 1110. The molecule has 148 valence electrons. The lowest BCUT2D eigenvalue weighted by atomic mass is 10.1. The van der Waals surface area contributed by atoms with Crippen LogP contribution in [0.25, 0.3) is 21.9 Å². The van der Waals surface area contributed by atoms with Gasteiger partial charge in [-0.25, -0.2) is 4.98 Å². The Balaban J connectivity index is 1.12. The van der Waals surface area contributed by atoms with Gasteiger partial charge in [0.15, 0.2) is 0 Å². The van der Waals surface area contributed by atoms with E-state index in [2.05, 4.69) is 37.3 Å². The number of rotatable bonds is 6. The number of hydrogen-bond donors (Lipinski definition) is 3. The van der Waals surface area contributed by atoms with Crippen LogP contribution in [0.4, 0.5) is 0 Å². The Kier molecular flexibility index (Phi) is 4.77. The second-order valence-corrected chi connectivity index (χ2v) is 7.82. The van der Waals surface area contributed by atoms with E-state index in [1.807, 2.05) is 42.6 Å². The number of carbonyl (C=O) groups is 1. The van der Waals surface area contributed by atoms with Gasteiger partial charge in [-0.15, -0.1) is 0 Å². The summed E-state index contributed by atoms with van der Waals surface area (Å²) in [4.78, 5) is 26.2. The van der Waals surface area contributed by atoms with E-state index in [0.29, 0.717) is 6.54 Å². The van der Waals surface area contributed by atoms with E-state index >= 15 is 0 Å². The number of aromatic amines is 2. The number of likely N-dealkylation sites (tertiary alicyclic amines) is 1. The molecular weight excluding hydrogens is 362 g/mol. The van der Waals surface area contributed by atoms with E-state index in [-0.39, 0.29) is 11.8 Å². The monoisotopic (exact) mass is 387 g/mol. The van der Waals surface area contributed by atoms with Crippen LogP contribution in [-0.2, 0) is 17.8 Å². The van der Waals surface area contributed by atoms with E-state index in [0.717, 1.165) is 54.9 Å². The molecule has 2 aromatic heterocycles. The van der Waals surface area contributed by atoms with Crippen molar-refractivity contribution in [2.45, 2.75) is 19.4 Å². The van der Waals surface area contributed by atoms with Crippen LogP contribution in [-0.4, -0.2) is 45.4 Å². The smallest absolute Gasteiger partial charge is 0.224 e. The molecule has 29 heavy (non-hydrogen) atoms. The normalized spacial score (nSPS) is 17.3. The SMILES string of the molecule is O=C(NCCc1c[nH]c2ccccc12)[C@@H]1CCN(Cc2nc3ccccc3[nH]2)C1. The van der Waals surface area contributed by atoms with Crippen LogP contribution in [0, 0.1) is 5.92 Å². The van der Waals surface area contributed by atoms with Crippen molar-refractivity contribution in [3.05, 3.63) is 66.1 Å². The van der Waals surface area contributed by atoms with E-state index in [4.69, 9.17) is 0 Å². The number of fused-ring (bicyclic) bond motifs is 2. The number of imidazole rings is 1. The molecule has 0 spiro atoms. The number of nitrogens with one attached hydrogen (secondary N) is 3. The lowest BCUT2D eigenvalue weighted by molar-refractivity contribution is -0.124. The number of amides is 1. The fraction of sp³-hybridized carbons (Fsp3) is 0.304. The van der Waals surface area contributed by atoms with Crippen LogP contribution in [0.3, 0.4) is 0 Å². The summed E-state index contributed by atoms with van der Waals surface area (Å²) in [5.74, 6) is 1.19. The summed E-state index contributed by atoms with van der Waals surface area (Å²) in [6.07, 6.45) is 3.78. The van der Waals surface area contributed by atoms with Gasteiger partial charge in [0.2, 0.25) is 5.91 Å². The van der Waals surface area contributed by atoms with Crippen molar-refractivity contribution >= 4 is 27.8 Å². The third kappa shape index (κ3) is 3.76. The van der Waals surface area contributed by atoms with Crippen molar-refractivity contribution in [1.82, 2.24) is 25.2 Å². The van der Waals surface area contributed by atoms with E-state index < -0.39 is 0 Å². The Morgan fingerprint density at radius 1 is 1.14 bits per heavy atom. The molecule has 0 bridgehead atoms. The lowest BCUT2D eigenvalue weighted by Gasteiger charge is -2.14. The van der Waals surface area contributed by atoms with Crippen LogP contribution in [0.15, 0.2) is 54.7 Å². The Hall–Kier alpha value is -3.12. The summed E-state index contributed by atoms with van der Waals surface area (Å²) in [6.45, 7) is 3.14. The molecule has 4 aromatic rings. The van der Waals surface area contributed by atoms with Crippen molar-refractivity contribution in [1.29, 1.82) is 0 Å². The molecule has 0 radical (unpaired) electrons. The third-order valence-electron chi connectivity index (χ3n) is 5.82. The van der Waals surface area contributed by atoms with Gasteiger partial charge in [-0.2, -0.15) is 0 Å². The van der Waals surface area contributed by atoms with Gasteiger partial charge in [-0.05, 0) is 43.1 Å². The number of para-hydroxylation sites is 3. The van der Waals surface area contributed by atoms with Gasteiger partial charge in [0.05, 0.1) is 23.5 Å². The van der Waals surface area contributed by atoms with Gasteiger partial charge < -0.3 is 15.3 Å². The topological polar surface area (TPSA) is 76.8 Å². The van der Waals surface area contributed by atoms with Gasteiger partial charge in [0.1, 0.15) is 5.82 Å². The van der Waals surface area contributed by atoms with Crippen molar-refractivity contribution in [2.24, 2.45) is 5.92 Å². The van der Waals surface area contributed by atoms with Crippen LogP contribution < -0.4 is 5.32 Å². The number of H-pyrrole nitrogens is 2. The van der Waals surface area contributed by atoms with Crippen LogP contribution >= 0.6 is 0 Å². The largest absolute Gasteiger partial charge is 0.361 e. The molecule has 0 saturated carbocycles. The number of carbonyl (C=O) groups excluding carboxylic acids is 1. The molecule has 0 aliphatic carbocycles. The van der Waals surface area contributed by atoms with Crippen molar-refractivity contribution in [3.8, 4) is 0 Å². The highest BCUT2D eigenvalue weighted by Crippen LogP contribution is 2.20. The number of aromatic nitrogens is 3. The first kappa shape index (κ1) is 17.9. The average Bonchev–Trinajstić information content (AvgIpc) is 3.46. The Morgan fingerprint density at radius 3 is 2.86 bits per heavy atom. The van der Waals surface area contributed by atoms with Crippen LogP contribution in [0.5, 0.6) is 0 Å². The quantitative estimate of drug-likeness (QED) is 0.475. The van der Waals surface area contributed by atoms with Crippen LogP contribution in [0.2, 0.25) is 0 Å². The van der Waals surface area contributed by atoms with Crippen molar-refractivity contribution in [2.75, 3.05) is 19.6 Å². The maximum atomic E-state index is 12.6. The second kappa shape index (κ2) is 7.72. The predicted molar refractivity (Wildman–Crippen MR) is 114 cm³/mol. The highest BCUT2D eigenvalue weighted by atomic mass is 16.1.